The van der Waals surface area contributed by atoms with Gasteiger partial charge in [-0.3, -0.25) is 12.2 Å². The topological polar surface area (TPSA) is 0 Å². The fraction of sp³-hybridized carbons (Fsp3) is 0.600. The largest absolute Gasteiger partial charge is 1.00 e. The molecule has 2 aliphatic carbocycles. The van der Waals surface area contributed by atoms with Crippen molar-refractivity contribution in [3.05, 3.63) is 45.6 Å². The van der Waals surface area contributed by atoms with Gasteiger partial charge >= 0.3 is 0 Å². The van der Waals surface area contributed by atoms with E-state index >= 15 is 0 Å². The molecular formula is C20H30Cl3V-5. The summed E-state index contributed by atoms with van der Waals surface area (Å²) in [5, 5.41) is 0. The Morgan fingerprint density at radius 2 is 0.750 bits per heavy atom. The molecular weight excluding hydrogens is 398 g/mol. The van der Waals surface area contributed by atoms with E-state index in [-0.39, 0.29) is 66.6 Å². The zero-order valence-corrected chi connectivity index (χ0v) is 20.2. The van der Waals surface area contributed by atoms with Crippen molar-refractivity contribution in [3.63, 3.8) is 0 Å². The fourth-order valence-electron chi connectivity index (χ4n) is 2.81. The summed E-state index contributed by atoms with van der Waals surface area (Å²) in [6, 6.07) is 0. The summed E-state index contributed by atoms with van der Waals surface area (Å²) in [7, 11) is 0. The van der Waals surface area contributed by atoms with Gasteiger partial charge in [0.15, 0.2) is 0 Å². The van der Waals surface area contributed by atoms with E-state index in [9.17, 15) is 0 Å². The Balaban J connectivity index is -0.000000143. The van der Waals surface area contributed by atoms with E-state index in [0.29, 0.717) is 0 Å². The molecule has 0 saturated carbocycles. The molecule has 4 heteroatoms. The zero-order valence-electron chi connectivity index (χ0n) is 16.6. The molecule has 0 bridgehead atoms. The zero-order chi connectivity index (χ0) is 15.9. The van der Waals surface area contributed by atoms with Gasteiger partial charge in [-0.15, -0.1) is 13.8 Å². The van der Waals surface area contributed by atoms with Crippen molar-refractivity contribution in [1.82, 2.24) is 0 Å². The van der Waals surface area contributed by atoms with Gasteiger partial charge in [0, 0.05) is 18.6 Å². The Labute approximate surface area is 180 Å². The van der Waals surface area contributed by atoms with Crippen LogP contribution in [0.2, 0.25) is 0 Å². The monoisotopic (exact) mass is 426 g/mol. The van der Waals surface area contributed by atoms with Crippen LogP contribution in [0.5, 0.6) is 0 Å². The molecule has 2 rings (SSSR count). The third-order valence-electron chi connectivity index (χ3n) is 5.12. The molecule has 0 nitrogen and oxygen atoms in total. The van der Waals surface area contributed by atoms with Crippen LogP contribution in [0.4, 0.5) is 0 Å². The summed E-state index contributed by atoms with van der Waals surface area (Å²) >= 11 is 0. The Bertz CT molecular complexity index is 497. The smallest absolute Gasteiger partial charge is 0 e. The van der Waals surface area contributed by atoms with Crippen molar-refractivity contribution in [2.24, 2.45) is 10.8 Å². The molecule has 0 N–H and O–H groups in total. The molecule has 0 atom stereocenters. The Morgan fingerprint density at radius 1 is 0.542 bits per heavy atom. The van der Waals surface area contributed by atoms with Gasteiger partial charge in [-0.2, -0.15) is 22.3 Å². The standard InChI is InChI=1S/2C10H15.3ClH.V/c2*1-7-6-10(4,5)9(3)8(7)2;;;;/h2*1-5H3;3*1H;/q2*-1;;;;/p-3. The number of halogens is 3. The molecule has 0 aromatic heterocycles. The molecule has 0 aromatic carbocycles. The first-order valence-electron chi connectivity index (χ1n) is 7.50. The molecule has 2 aliphatic rings. The van der Waals surface area contributed by atoms with Crippen molar-refractivity contribution >= 4 is 0 Å². The van der Waals surface area contributed by atoms with Crippen LogP contribution < -0.4 is 37.2 Å². The van der Waals surface area contributed by atoms with Crippen LogP contribution >= 0.6 is 0 Å². The molecule has 1 radical (unpaired) electrons. The van der Waals surface area contributed by atoms with Gasteiger partial charge in [-0.1, -0.05) is 66.2 Å². The van der Waals surface area contributed by atoms with Crippen molar-refractivity contribution in [1.29, 1.82) is 0 Å². The predicted octanol–water partition coefficient (Wildman–Crippen LogP) is -2.77. The summed E-state index contributed by atoms with van der Waals surface area (Å²) in [6.45, 7) is 21.8. The quantitative estimate of drug-likeness (QED) is 0.367. The van der Waals surface area contributed by atoms with Gasteiger partial charge in [0.25, 0.3) is 0 Å². The summed E-state index contributed by atoms with van der Waals surface area (Å²) in [6.07, 6.45) is 6.87. The van der Waals surface area contributed by atoms with Crippen LogP contribution in [0.25, 0.3) is 0 Å². The summed E-state index contributed by atoms with van der Waals surface area (Å²) in [5.41, 5.74) is 8.79. The van der Waals surface area contributed by atoms with E-state index in [4.69, 9.17) is 0 Å². The van der Waals surface area contributed by atoms with Crippen LogP contribution in [0.3, 0.4) is 0 Å². The first kappa shape index (κ1) is 32.1. The predicted molar refractivity (Wildman–Crippen MR) is 89.2 cm³/mol. The minimum absolute atomic E-state index is 0. The molecule has 0 unspecified atom stereocenters. The van der Waals surface area contributed by atoms with E-state index in [1.165, 1.54) is 33.4 Å². The van der Waals surface area contributed by atoms with E-state index in [1.54, 1.807) is 0 Å². The molecule has 0 fully saturated rings. The van der Waals surface area contributed by atoms with Crippen LogP contribution in [-0.4, -0.2) is 0 Å². The van der Waals surface area contributed by atoms with Gasteiger partial charge in [0.1, 0.15) is 0 Å². The third-order valence-corrected chi connectivity index (χ3v) is 5.12. The third kappa shape index (κ3) is 6.97. The average Bonchev–Trinajstić information content (AvgIpc) is 2.60. The van der Waals surface area contributed by atoms with Crippen LogP contribution in [0.15, 0.2) is 33.4 Å². The molecule has 0 amide bonds. The average molecular weight is 428 g/mol. The summed E-state index contributed by atoms with van der Waals surface area (Å²) in [4.78, 5) is 0. The van der Waals surface area contributed by atoms with E-state index < -0.39 is 0 Å². The Morgan fingerprint density at radius 3 is 0.792 bits per heavy atom. The Hall–Kier alpha value is 0.414. The SMILES string of the molecule is CC1=[C-]C(C)(C)C(C)=C1C.CC1=[C-]C(C)(C)C(C)=C1C.[Cl-].[Cl-].[Cl-].[V]. The van der Waals surface area contributed by atoms with Gasteiger partial charge in [0.05, 0.1) is 0 Å². The van der Waals surface area contributed by atoms with Crippen LogP contribution in [0.1, 0.15) is 69.2 Å². The number of allylic oxidation sites excluding steroid dienone is 8. The van der Waals surface area contributed by atoms with Crippen molar-refractivity contribution in [2.75, 3.05) is 0 Å². The molecule has 24 heavy (non-hydrogen) atoms. The second kappa shape index (κ2) is 11.2. The van der Waals surface area contributed by atoms with E-state index in [2.05, 4.69) is 81.4 Å². The first-order chi connectivity index (χ1) is 8.90. The molecule has 0 saturated heterocycles. The van der Waals surface area contributed by atoms with Gasteiger partial charge < -0.3 is 37.2 Å². The molecule has 0 aromatic rings. The second-order valence-electron chi connectivity index (χ2n) is 7.25. The maximum Gasteiger partial charge on any atom is 0 e. The van der Waals surface area contributed by atoms with Gasteiger partial charge in [-0.25, -0.2) is 11.1 Å². The van der Waals surface area contributed by atoms with Crippen LogP contribution in [-0.2, 0) is 18.6 Å². The fourth-order valence-corrected chi connectivity index (χ4v) is 2.81. The number of rotatable bonds is 0. The maximum absolute atomic E-state index is 3.44. The van der Waals surface area contributed by atoms with Crippen LogP contribution in [0, 0.1) is 23.0 Å². The van der Waals surface area contributed by atoms with Crippen molar-refractivity contribution in [2.45, 2.75) is 69.2 Å². The summed E-state index contributed by atoms with van der Waals surface area (Å²) < 4.78 is 0. The minimum atomic E-state index is 0. The normalized spacial score (nSPS) is 19.6. The molecule has 0 spiro atoms. The summed E-state index contributed by atoms with van der Waals surface area (Å²) in [5.74, 6) is 0. The Kier molecular flexibility index (Phi) is 15.0. The second-order valence-corrected chi connectivity index (χ2v) is 7.25. The maximum atomic E-state index is 3.44. The minimum Gasteiger partial charge on any atom is -1.00 e. The molecule has 0 heterocycles. The van der Waals surface area contributed by atoms with Gasteiger partial charge in [0.2, 0.25) is 0 Å². The first-order valence-corrected chi connectivity index (χ1v) is 7.50. The van der Waals surface area contributed by atoms with E-state index in [0.717, 1.165) is 0 Å². The molecule has 141 valence electrons. The molecule has 0 aliphatic heterocycles. The number of hydrogen-bond donors (Lipinski definition) is 0. The van der Waals surface area contributed by atoms with Crippen molar-refractivity contribution < 1.29 is 55.8 Å². The van der Waals surface area contributed by atoms with E-state index in [1.807, 2.05) is 0 Å². The number of hydrogen-bond acceptors (Lipinski definition) is 0. The van der Waals surface area contributed by atoms with Crippen molar-refractivity contribution in [3.8, 4) is 0 Å². The van der Waals surface area contributed by atoms with Gasteiger partial charge in [-0.05, 0) is 0 Å².